The van der Waals surface area contributed by atoms with Crippen LogP contribution in [0.15, 0.2) is 42.5 Å². The average Bonchev–Trinajstić information content (AvgIpc) is 2.79. The Balaban J connectivity index is 0.00000166. The van der Waals surface area contributed by atoms with Crippen molar-refractivity contribution >= 4 is 29.1 Å². The van der Waals surface area contributed by atoms with Crippen molar-refractivity contribution in [3.8, 4) is 5.75 Å². The molecule has 2 aromatic rings. The number of nitrogens with zero attached hydrogens (tertiary/aromatic N) is 2. The van der Waals surface area contributed by atoms with Crippen LogP contribution in [-0.4, -0.2) is 49.5 Å². The number of halogens is 2. The molecule has 0 N–H and O–H groups in total. The normalized spacial score (nSPS) is 17.3. The number of carbonyl (C=O) groups is 1. The molecule has 0 aromatic heterocycles. The minimum Gasteiger partial charge on any atom is -0.497 e. The number of piperidine rings is 1. The van der Waals surface area contributed by atoms with Gasteiger partial charge in [0.1, 0.15) is 5.75 Å². The molecule has 170 valence electrons. The third kappa shape index (κ3) is 6.61. The largest absolute Gasteiger partial charge is 0.497 e. The molecule has 2 atom stereocenters. The molecule has 1 fully saturated rings. The second kappa shape index (κ2) is 12.3. The van der Waals surface area contributed by atoms with Gasteiger partial charge in [0.25, 0.3) is 0 Å². The van der Waals surface area contributed by atoms with Crippen LogP contribution >= 0.6 is 23.2 Å². The highest BCUT2D eigenvalue weighted by molar-refractivity contribution is 6.42. The van der Waals surface area contributed by atoms with E-state index in [1.807, 2.05) is 44.0 Å². The highest BCUT2D eigenvalue weighted by atomic mass is 35.5. The molecule has 1 amide bonds. The predicted octanol–water partition coefficient (Wildman–Crippen LogP) is 6.25. The van der Waals surface area contributed by atoms with Crippen molar-refractivity contribution < 1.29 is 9.53 Å². The molecule has 3 rings (SSSR count). The number of hydrogen-bond acceptors (Lipinski definition) is 3. The zero-order valence-corrected chi connectivity index (χ0v) is 20.7. The Morgan fingerprint density at radius 1 is 1.13 bits per heavy atom. The van der Waals surface area contributed by atoms with E-state index < -0.39 is 0 Å². The van der Waals surface area contributed by atoms with E-state index >= 15 is 0 Å². The van der Waals surface area contributed by atoms with Crippen LogP contribution in [0.5, 0.6) is 5.75 Å². The summed E-state index contributed by atoms with van der Waals surface area (Å²) in [6.07, 6.45) is 3.73. The summed E-state index contributed by atoms with van der Waals surface area (Å²) in [6.45, 7) is 5.05. The first-order valence-corrected chi connectivity index (χ1v) is 11.7. The van der Waals surface area contributed by atoms with Gasteiger partial charge in [-0.25, -0.2) is 0 Å². The van der Waals surface area contributed by atoms with Crippen molar-refractivity contribution in [3.63, 3.8) is 0 Å². The number of hydrogen-bond donors (Lipinski definition) is 0. The van der Waals surface area contributed by atoms with Gasteiger partial charge >= 0.3 is 0 Å². The number of carbonyl (C=O) groups excluding carboxylic acids is 1. The fourth-order valence-electron chi connectivity index (χ4n) is 4.11. The minimum absolute atomic E-state index is 0.0264. The number of likely N-dealkylation sites (tertiary alicyclic amines) is 1. The van der Waals surface area contributed by atoms with Gasteiger partial charge in [-0.1, -0.05) is 61.7 Å². The Hall–Kier alpha value is -1.75. The fraction of sp³-hybridized carbons (Fsp3) is 0.480. The van der Waals surface area contributed by atoms with Crippen molar-refractivity contribution in [2.45, 2.75) is 51.6 Å². The summed E-state index contributed by atoms with van der Waals surface area (Å²) in [4.78, 5) is 17.5. The van der Waals surface area contributed by atoms with Crippen LogP contribution in [0.25, 0.3) is 0 Å². The van der Waals surface area contributed by atoms with E-state index in [2.05, 4.69) is 24.1 Å². The fourth-order valence-corrected chi connectivity index (χ4v) is 4.43. The molecule has 0 saturated carbocycles. The van der Waals surface area contributed by atoms with Crippen molar-refractivity contribution in [3.05, 3.63) is 63.6 Å². The molecule has 2 aromatic carbocycles. The number of benzene rings is 2. The standard InChI is InChI=1S/C23H28Cl2N2O2.C2H6/c1-26-13-5-4-6-21(26)23(17-8-10-18(29-3)11-9-17)27(2)22(28)15-16-7-12-19(24)20(25)14-16;1-2/h7-12,14,21,23H,4-6,13,15H2,1-3H3;1-2H3. The zero-order chi connectivity index (χ0) is 23.0. The number of likely N-dealkylation sites (N-methyl/N-ethyl adjacent to an activating group) is 2. The van der Waals surface area contributed by atoms with Gasteiger partial charge in [0, 0.05) is 13.1 Å². The molecule has 1 aliphatic heterocycles. The summed E-state index contributed by atoms with van der Waals surface area (Å²) in [7, 11) is 5.71. The van der Waals surface area contributed by atoms with Gasteiger partial charge in [-0.15, -0.1) is 0 Å². The molecule has 1 saturated heterocycles. The average molecular weight is 465 g/mol. The van der Waals surface area contributed by atoms with Gasteiger partial charge in [0.15, 0.2) is 0 Å². The van der Waals surface area contributed by atoms with Crippen molar-refractivity contribution in [2.75, 3.05) is 27.7 Å². The van der Waals surface area contributed by atoms with Crippen LogP contribution in [0.4, 0.5) is 0 Å². The van der Waals surface area contributed by atoms with Crippen LogP contribution in [0.3, 0.4) is 0 Å². The molecule has 0 spiro atoms. The third-order valence-electron chi connectivity index (χ3n) is 5.80. The van der Waals surface area contributed by atoms with Crippen LogP contribution < -0.4 is 4.74 Å². The maximum Gasteiger partial charge on any atom is 0.227 e. The van der Waals surface area contributed by atoms with E-state index in [0.29, 0.717) is 10.0 Å². The second-order valence-corrected chi connectivity index (χ2v) is 8.51. The topological polar surface area (TPSA) is 32.8 Å². The molecule has 0 bridgehead atoms. The summed E-state index contributed by atoms with van der Waals surface area (Å²) in [5.41, 5.74) is 1.98. The molecule has 6 heteroatoms. The Morgan fingerprint density at radius 3 is 2.39 bits per heavy atom. The van der Waals surface area contributed by atoms with E-state index in [1.165, 1.54) is 12.8 Å². The van der Waals surface area contributed by atoms with Gasteiger partial charge in [0.2, 0.25) is 5.91 Å². The molecular formula is C25H34Cl2N2O2. The summed E-state index contributed by atoms with van der Waals surface area (Å²) in [6, 6.07) is 13.7. The Labute approximate surface area is 197 Å². The molecular weight excluding hydrogens is 431 g/mol. The lowest BCUT2D eigenvalue weighted by Gasteiger charge is -2.42. The zero-order valence-electron chi connectivity index (χ0n) is 19.2. The first-order valence-electron chi connectivity index (χ1n) is 10.9. The van der Waals surface area contributed by atoms with Crippen LogP contribution in [-0.2, 0) is 11.2 Å². The second-order valence-electron chi connectivity index (χ2n) is 7.69. The predicted molar refractivity (Wildman–Crippen MR) is 130 cm³/mol. The Morgan fingerprint density at radius 2 is 1.81 bits per heavy atom. The maximum atomic E-state index is 13.2. The van der Waals surface area contributed by atoms with Gasteiger partial charge in [0.05, 0.1) is 29.6 Å². The number of ether oxygens (including phenoxy) is 1. The van der Waals surface area contributed by atoms with Crippen molar-refractivity contribution in [1.82, 2.24) is 9.80 Å². The van der Waals surface area contributed by atoms with E-state index in [4.69, 9.17) is 27.9 Å². The highest BCUT2D eigenvalue weighted by Gasteiger charge is 2.33. The van der Waals surface area contributed by atoms with Gasteiger partial charge < -0.3 is 14.5 Å². The smallest absolute Gasteiger partial charge is 0.227 e. The molecule has 1 heterocycles. The van der Waals surface area contributed by atoms with Gasteiger partial charge in [-0.2, -0.15) is 0 Å². The van der Waals surface area contributed by atoms with Crippen LogP contribution in [0.2, 0.25) is 10.0 Å². The molecule has 4 nitrogen and oxygen atoms in total. The Bertz CT molecular complexity index is 842. The first kappa shape index (κ1) is 25.5. The molecule has 31 heavy (non-hydrogen) atoms. The summed E-state index contributed by atoms with van der Waals surface area (Å²) >= 11 is 12.1. The monoisotopic (exact) mass is 464 g/mol. The Kier molecular flexibility index (Phi) is 10.1. The highest BCUT2D eigenvalue weighted by Crippen LogP contribution is 2.33. The lowest BCUT2D eigenvalue weighted by molar-refractivity contribution is -0.133. The van der Waals surface area contributed by atoms with E-state index in [0.717, 1.165) is 29.8 Å². The van der Waals surface area contributed by atoms with Crippen LogP contribution in [0, 0.1) is 0 Å². The van der Waals surface area contributed by atoms with Crippen molar-refractivity contribution in [1.29, 1.82) is 0 Å². The summed E-state index contributed by atoms with van der Waals surface area (Å²) < 4.78 is 5.31. The summed E-state index contributed by atoms with van der Waals surface area (Å²) in [5.74, 6) is 0.873. The lowest BCUT2D eigenvalue weighted by Crippen LogP contribution is -2.48. The summed E-state index contributed by atoms with van der Waals surface area (Å²) in [5, 5.41) is 0.967. The van der Waals surface area contributed by atoms with E-state index in [1.54, 1.807) is 19.2 Å². The minimum atomic E-state index is -0.0264. The number of rotatable bonds is 6. The maximum absolute atomic E-state index is 13.2. The van der Waals surface area contributed by atoms with Crippen LogP contribution in [0.1, 0.15) is 50.3 Å². The van der Waals surface area contributed by atoms with Crippen molar-refractivity contribution in [2.24, 2.45) is 0 Å². The van der Waals surface area contributed by atoms with E-state index in [9.17, 15) is 4.79 Å². The number of amides is 1. The lowest BCUT2D eigenvalue weighted by atomic mass is 9.90. The van der Waals surface area contributed by atoms with E-state index in [-0.39, 0.29) is 24.4 Å². The number of methoxy groups -OCH3 is 1. The molecule has 1 aliphatic rings. The van der Waals surface area contributed by atoms with Gasteiger partial charge in [-0.3, -0.25) is 4.79 Å². The molecule has 0 aliphatic carbocycles. The quantitative estimate of drug-likeness (QED) is 0.505. The molecule has 0 radical (unpaired) electrons. The first-order chi connectivity index (χ1) is 14.9. The molecule has 2 unspecified atom stereocenters. The third-order valence-corrected chi connectivity index (χ3v) is 6.54. The SMILES string of the molecule is CC.COc1ccc(C(C2CCCCN2C)N(C)C(=O)Cc2ccc(Cl)c(Cl)c2)cc1. The van der Waals surface area contributed by atoms with Gasteiger partial charge in [-0.05, 0) is 61.8 Å².